The Bertz CT molecular complexity index is 1010. The third kappa shape index (κ3) is 3.69. The van der Waals surface area contributed by atoms with Crippen LogP contribution in [0.1, 0.15) is 42.6 Å². The van der Waals surface area contributed by atoms with Gasteiger partial charge in [0.1, 0.15) is 18.1 Å². The van der Waals surface area contributed by atoms with Crippen LogP contribution in [0.15, 0.2) is 36.5 Å². The van der Waals surface area contributed by atoms with Crippen LogP contribution in [0.2, 0.25) is 0 Å². The second-order valence-corrected chi connectivity index (χ2v) is 8.48. The quantitative estimate of drug-likeness (QED) is 0.664. The summed E-state index contributed by atoms with van der Waals surface area (Å²) in [5, 5.41) is 4.82. The van der Waals surface area contributed by atoms with Crippen molar-refractivity contribution < 1.29 is 4.74 Å². The van der Waals surface area contributed by atoms with E-state index in [1.165, 1.54) is 36.9 Å². The van der Waals surface area contributed by atoms with Crippen molar-refractivity contribution in [1.82, 2.24) is 19.5 Å². The number of fused-ring (bicyclic) bond motifs is 3. The monoisotopic (exact) mass is 391 g/mol. The van der Waals surface area contributed by atoms with E-state index in [0.29, 0.717) is 6.61 Å². The lowest BCUT2D eigenvalue weighted by atomic mass is 10.0. The molecule has 29 heavy (non-hydrogen) atoms. The van der Waals surface area contributed by atoms with Gasteiger partial charge in [-0.2, -0.15) is 5.10 Å². The first-order chi connectivity index (χ1) is 14.2. The van der Waals surface area contributed by atoms with E-state index in [-0.39, 0.29) is 0 Å². The van der Waals surface area contributed by atoms with Gasteiger partial charge >= 0.3 is 0 Å². The second-order valence-electron chi connectivity index (χ2n) is 8.48. The molecule has 2 aliphatic rings. The van der Waals surface area contributed by atoms with Crippen LogP contribution in [0.3, 0.4) is 0 Å². The molecular formula is C23H29N5O. The van der Waals surface area contributed by atoms with Gasteiger partial charge in [-0.05, 0) is 25.0 Å². The topological polar surface area (TPSA) is 45.9 Å². The van der Waals surface area contributed by atoms with E-state index in [1.807, 2.05) is 42.9 Å². The molecule has 1 aliphatic carbocycles. The van der Waals surface area contributed by atoms with Crippen LogP contribution in [0.4, 0.5) is 5.69 Å². The van der Waals surface area contributed by atoms with Crippen molar-refractivity contribution in [3.05, 3.63) is 53.5 Å². The van der Waals surface area contributed by atoms with E-state index in [9.17, 15) is 0 Å². The van der Waals surface area contributed by atoms with Crippen LogP contribution in [0.25, 0.3) is 5.65 Å². The van der Waals surface area contributed by atoms with Gasteiger partial charge in [0, 0.05) is 69.2 Å². The molecule has 0 spiro atoms. The molecule has 0 atom stereocenters. The summed E-state index contributed by atoms with van der Waals surface area (Å²) >= 11 is 0. The van der Waals surface area contributed by atoms with Gasteiger partial charge in [-0.15, -0.1) is 0 Å². The molecule has 6 heteroatoms. The lowest BCUT2D eigenvalue weighted by Gasteiger charge is -2.33. The molecule has 1 fully saturated rings. The highest BCUT2D eigenvalue weighted by Crippen LogP contribution is 2.29. The lowest BCUT2D eigenvalue weighted by Crippen LogP contribution is -2.38. The highest BCUT2D eigenvalue weighted by Gasteiger charge is 2.27. The molecule has 2 aromatic heterocycles. The summed E-state index contributed by atoms with van der Waals surface area (Å²) in [4.78, 5) is 9.40. The third-order valence-electron chi connectivity index (χ3n) is 6.29. The van der Waals surface area contributed by atoms with Gasteiger partial charge in [-0.3, -0.25) is 4.90 Å². The van der Waals surface area contributed by atoms with E-state index < -0.39 is 0 Å². The molecule has 152 valence electrons. The summed E-state index contributed by atoms with van der Waals surface area (Å²) < 4.78 is 8.04. The van der Waals surface area contributed by atoms with Gasteiger partial charge in [0.15, 0.2) is 5.65 Å². The molecule has 0 bridgehead atoms. The van der Waals surface area contributed by atoms with Crippen molar-refractivity contribution in [1.29, 1.82) is 0 Å². The minimum absolute atomic E-state index is 0.448. The Morgan fingerprint density at radius 3 is 2.86 bits per heavy atom. The van der Waals surface area contributed by atoms with Crippen LogP contribution in [-0.4, -0.2) is 46.2 Å². The summed E-state index contributed by atoms with van der Waals surface area (Å²) in [6.45, 7) is 2.58. The van der Waals surface area contributed by atoms with Crippen LogP contribution in [0.5, 0.6) is 5.75 Å². The maximum Gasteiger partial charge on any atom is 0.155 e. The molecule has 3 heterocycles. The average Bonchev–Trinajstić information content (AvgIpc) is 3.42. The van der Waals surface area contributed by atoms with Crippen molar-refractivity contribution in [3.8, 4) is 5.75 Å². The fourth-order valence-electron chi connectivity index (χ4n) is 4.67. The summed E-state index contributed by atoms with van der Waals surface area (Å²) in [5.41, 5.74) is 5.59. The fraction of sp³-hybridized carbons (Fsp3) is 0.478. The van der Waals surface area contributed by atoms with E-state index in [0.717, 1.165) is 48.3 Å². The number of anilines is 1. The van der Waals surface area contributed by atoms with Crippen LogP contribution < -0.4 is 9.64 Å². The standard InChI is InChI=1S/C23H29N5O/c1-26(2)20-8-5-9-21(13-20)29-16-18-12-23-24-14-17-15-27(19-6-3-4-7-19)11-10-22(17)28(23)25-18/h5,8-9,12-14,19H,3-4,6-7,10-11,15-16H2,1-2H3. The SMILES string of the molecule is CN(C)c1cccc(OCc2cc3ncc4c(n3n2)CCN(C2CCCC2)C4)c1. The molecule has 1 aliphatic heterocycles. The maximum atomic E-state index is 6.00. The van der Waals surface area contributed by atoms with Crippen LogP contribution in [-0.2, 0) is 19.6 Å². The minimum atomic E-state index is 0.448. The highest BCUT2D eigenvalue weighted by molar-refractivity contribution is 5.49. The fourth-order valence-corrected chi connectivity index (χ4v) is 4.67. The van der Waals surface area contributed by atoms with Gasteiger partial charge in [0.2, 0.25) is 0 Å². The second kappa shape index (κ2) is 7.67. The first kappa shape index (κ1) is 18.4. The predicted molar refractivity (Wildman–Crippen MR) is 114 cm³/mol. The lowest BCUT2D eigenvalue weighted by molar-refractivity contribution is 0.178. The summed E-state index contributed by atoms with van der Waals surface area (Å²) in [6.07, 6.45) is 8.56. The number of benzene rings is 1. The molecule has 3 aromatic rings. The van der Waals surface area contributed by atoms with Crippen molar-refractivity contribution in [3.63, 3.8) is 0 Å². The van der Waals surface area contributed by atoms with Gasteiger partial charge in [-0.1, -0.05) is 18.9 Å². The first-order valence-corrected chi connectivity index (χ1v) is 10.7. The Morgan fingerprint density at radius 1 is 1.17 bits per heavy atom. The Labute approximate surface area is 172 Å². The number of rotatable bonds is 5. The molecule has 0 amide bonds. The van der Waals surface area contributed by atoms with E-state index in [2.05, 4.69) is 27.0 Å². The molecule has 0 saturated heterocycles. The van der Waals surface area contributed by atoms with Crippen LogP contribution >= 0.6 is 0 Å². The zero-order valence-corrected chi connectivity index (χ0v) is 17.3. The average molecular weight is 392 g/mol. The predicted octanol–water partition coefficient (Wildman–Crippen LogP) is 3.68. The first-order valence-electron chi connectivity index (χ1n) is 10.7. The van der Waals surface area contributed by atoms with Gasteiger partial charge in [-0.25, -0.2) is 9.50 Å². The Kier molecular flexibility index (Phi) is 4.87. The number of aromatic nitrogens is 3. The van der Waals surface area contributed by atoms with E-state index in [4.69, 9.17) is 9.84 Å². The van der Waals surface area contributed by atoms with E-state index >= 15 is 0 Å². The molecule has 0 N–H and O–H groups in total. The Balaban J connectivity index is 1.33. The Hall–Kier alpha value is -2.60. The summed E-state index contributed by atoms with van der Waals surface area (Å²) in [5.74, 6) is 0.857. The minimum Gasteiger partial charge on any atom is -0.487 e. The van der Waals surface area contributed by atoms with Gasteiger partial charge in [0.05, 0.1) is 5.69 Å². The normalized spacial score (nSPS) is 17.6. The molecule has 0 radical (unpaired) electrons. The zero-order valence-electron chi connectivity index (χ0n) is 17.3. The van der Waals surface area contributed by atoms with Crippen molar-refractivity contribution >= 4 is 11.3 Å². The molecule has 6 nitrogen and oxygen atoms in total. The maximum absolute atomic E-state index is 6.00. The van der Waals surface area contributed by atoms with Gasteiger partial charge < -0.3 is 9.64 Å². The number of ether oxygens (including phenoxy) is 1. The molecule has 0 unspecified atom stereocenters. The molecule has 1 aromatic carbocycles. The number of hydrogen-bond acceptors (Lipinski definition) is 5. The van der Waals surface area contributed by atoms with E-state index in [1.54, 1.807) is 0 Å². The molecule has 5 rings (SSSR count). The molecule has 1 saturated carbocycles. The highest BCUT2D eigenvalue weighted by atomic mass is 16.5. The van der Waals surface area contributed by atoms with Gasteiger partial charge in [0.25, 0.3) is 0 Å². The van der Waals surface area contributed by atoms with Crippen molar-refractivity contribution in [2.75, 3.05) is 25.5 Å². The number of hydrogen-bond donors (Lipinski definition) is 0. The van der Waals surface area contributed by atoms with Crippen molar-refractivity contribution in [2.45, 2.75) is 51.3 Å². The smallest absolute Gasteiger partial charge is 0.155 e. The Morgan fingerprint density at radius 2 is 2.03 bits per heavy atom. The summed E-state index contributed by atoms with van der Waals surface area (Å²) in [7, 11) is 4.06. The zero-order chi connectivity index (χ0) is 19.8. The molecular weight excluding hydrogens is 362 g/mol. The third-order valence-corrected chi connectivity index (χ3v) is 6.29. The largest absolute Gasteiger partial charge is 0.487 e. The van der Waals surface area contributed by atoms with Crippen molar-refractivity contribution in [2.24, 2.45) is 0 Å². The number of nitrogens with zero attached hydrogens (tertiary/aromatic N) is 5. The summed E-state index contributed by atoms with van der Waals surface area (Å²) in [6, 6.07) is 10.9. The van der Waals surface area contributed by atoms with Crippen LogP contribution in [0, 0.1) is 0 Å².